The molecule has 0 aliphatic rings. The molecule has 0 amide bonds. The molecule has 0 saturated heterocycles. The zero-order valence-corrected chi connectivity index (χ0v) is 9.65. The van der Waals surface area contributed by atoms with Crippen LogP contribution in [-0.4, -0.2) is 5.16 Å². The molecule has 0 aliphatic carbocycles. The lowest BCUT2D eigenvalue weighted by molar-refractivity contribution is 0.460. The van der Waals surface area contributed by atoms with Gasteiger partial charge in [0.05, 0.1) is 11.1 Å². The zero-order chi connectivity index (χ0) is 13.6. The molecule has 96 valence electrons. The smallest absolute Gasteiger partial charge is 0.175 e. The Bertz CT molecular complexity index is 783. The summed E-state index contributed by atoms with van der Waals surface area (Å²) in [6.45, 7) is 0. The summed E-state index contributed by atoms with van der Waals surface area (Å²) in [6.07, 6.45) is 0. The first kappa shape index (κ1) is 11.5. The number of rotatable bonds is 1. The van der Waals surface area contributed by atoms with Crippen molar-refractivity contribution in [3.05, 3.63) is 42.0 Å². The minimum atomic E-state index is -0.691. The Morgan fingerprint density at radius 2 is 1.79 bits per heavy atom. The van der Waals surface area contributed by atoms with Gasteiger partial charge < -0.3 is 16.0 Å². The van der Waals surface area contributed by atoms with Crippen LogP contribution in [0.15, 0.2) is 34.9 Å². The van der Waals surface area contributed by atoms with Crippen molar-refractivity contribution in [1.82, 2.24) is 5.16 Å². The van der Waals surface area contributed by atoms with E-state index in [1.165, 1.54) is 0 Å². The first-order valence-electron chi connectivity index (χ1n) is 5.46. The molecule has 0 radical (unpaired) electrons. The number of hydrogen-bond donors (Lipinski definition) is 2. The van der Waals surface area contributed by atoms with E-state index >= 15 is 0 Å². The van der Waals surface area contributed by atoms with Crippen molar-refractivity contribution in [3.8, 4) is 11.1 Å². The number of aromatic nitrogens is 1. The van der Waals surface area contributed by atoms with E-state index in [0.29, 0.717) is 16.5 Å². The molecule has 0 saturated carbocycles. The fraction of sp³-hybridized carbons (Fsp3) is 0. The van der Waals surface area contributed by atoms with E-state index in [4.69, 9.17) is 16.0 Å². The topological polar surface area (TPSA) is 78.1 Å². The highest BCUT2D eigenvalue weighted by Gasteiger charge is 2.16. The van der Waals surface area contributed by atoms with Crippen LogP contribution in [0.1, 0.15) is 0 Å². The standard InChI is InChI=1S/C13H9F2N3O/c14-8-5-10(16)9(15)4-7(8)6-2-1-3-11-12(6)13(17)18-19-11/h1-5H,16H2,(H2,17,18). The summed E-state index contributed by atoms with van der Waals surface area (Å²) >= 11 is 0. The Morgan fingerprint density at radius 3 is 2.58 bits per heavy atom. The summed E-state index contributed by atoms with van der Waals surface area (Å²) in [7, 11) is 0. The lowest BCUT2D eigenvalue weighted by Crippen LogP contribution is -1.95. The molecule has 0 bridgehead atoms. The number of fused-ring (bicyclic) bond motifs is 1. The molecule has 6 heteroatoms. The van der Waals surface area contributed by atoms with Gasteiger partial charge in [-0.25, -0.2) is 8.78 Å². The Balaban J connectivity index is 2.36. The first-order valence-corrected chi connectivity index (χ1v) is 5.46. The third-order valence-corrected chi connectivity index (χ3v) is 2.90. The van der Waals surface area contributed by atoms with Crippen molar-refractivity contribution in [1.29, 1.82) is 0 Å². The number of anilines is 2. The summed E-state index contributed by atoms with van der Waals surface area (Å²) in [4.78, 5) is 0. The molecule has 0 unspecified atom stereocenters. The number of nitrogens with two attached hydrogens (primary N) is 2. The molecular formula is C13H9F2N3O. The number of nitrogen functional groups attached to an aromatic ring is 2. The summed E-state index contributed by atoms with van der Waals surface area (Å²) in [5, 5.41) is 4.06. The molecule has 4 nitrogen and oxygen atoms in total. The van der Waals surface area contributed by atoms with Crippen LogP contribution in [-0.2, 0) is 0 Å². The van der Waals surface area contributed by atoms with Crippen LogP contribution in [0, 0.1) is 11.6 Å². The van der Waals surface area contributed by atoms with E-state index in [1.807, 2.05) is 0 Å². The SMILES string of the molecule is Nc1cc(F)c(-c2cccc3onc(N)c23)cc1F. The molecule has 3 rings (SSSR count). The average Bonchev–Trinajstić information content (AvgIpc) is 2.76. The van der Waals surface area contributed by atoms with Crippen molar-refractivity contribution < 1.29 is 13.3 Å². The molecular weight excluding hydrogens is 252 g/mol. The van der Waals surface area contributed by atoms with Gasteiger partial charge in [-0.3, -0.25) is 0 Å². The highest BCUT2D eigenvalue weighted by Crippen LogP contribution is 2.35. The van der Waals surface area contributed by atoms with Gasteiger partial charge in [0.15, 0.2) is 11.4 Å². The lowest BCUT2D eigenvalue weighted by atomic mass is 10.0. The van der Waals surface area contributed by atoms with Gasteiger partial charge in [0.1, 0.15) is 11.6 Å². The molecule has 19 heavy (non-hydrogen) atoms. The predicted molar refractivity (Wildman–Crippen MR) is 68.2 cm³/mol. The van der Waals surface area contributed by atoms with Gasteiger partial charge in [0, 0.05) is 11.6 Å². The second-order valence-electron chi connectivity index (χ2n) is 4.10. The third kappa shape index (κ3) is 1.69. The molecule has 3 aromatic rings. The van der Waals surface area contributed by atoms with Crippen molar-refractivity contribution in [2.45, 2.75) is 0 Å². The highest BCUT2D eigenvalue weighted by molar-refractivity contribution is 6.00. The molecule has 4 N–H and O–H groups in total. The maximum absolute atomic E-state index is 13.9. The van der Waals surface area contributed by atoms with Gasteiger partial charge in [0.25, 0.3) is 0 Å². The van der Waals surface area contributed by atoms with E-state index in [2.05, 4.69) is 5.16 Å². The fourth-order valence-corrected chi connectivity index (χ4v) is 2.01. The van der Waals surface area contributed by atoms with E-state index < -0.39 is 11.6 Å². The molecule has 1 aromatic heterocycles. The van der Waals surface area contributed by atoms with Crippen LogP contribution in [0.5, 0.6) is 0 Å². The van der Waals surface area contributed by atoms with E-state index in [1.54, 1.807) is 18.2 Å². The van der Waals surface area contributed by atoms with Gasteiger partial charge in [0.2, 0.25) is 0 Å². The predicted octanol–water partition coefficient (Wildman–Crippen LogP) is 2.94. The van der Waals surface area contributed by atoms with Crippen molar-refractivity contribution in [2.24, 2.45) is 0 Å². The van der Waals surface area contributed by atoms with Crippen LogP contribution in [0.25, 0.3) is 22.1 Å². The van der Waals surface area contributed by atoms with E-state index in [-0.39, 0.29) is 17.1 Å². The van der Waals surface area contributed by atoms with E-state index in [0.717, 1.165) is 12.1 Å². The summed E-state index contributed by atoms with van der Waals surface area (Å²) in [5.74, 6) is -1.20. The first-order chi connectivity index (χ1) is 9.08. The number of nitrogens with zero attached hydrogens (tertiary/aromatic N) is 1. The van der Waals surface area contributed by atoms with Gasteiger partial charge in [-0.05, 0) is 17.7 Å². The average molecular weight is 261 g/mol. The van der Waals surface area contributed by atoms with Crippen molar-refractivity contribution in [2.75, 3.05) is 11.5 Å². The second-order valence-corrected chi connectivity index (χ2v) is 4.10. The number of hydrogen-bond acceptors (Lipinski definition) is 4. The minimum Gasteiger partial charge on any atom is -0.396 e. The van der Waals surface area contributed by atoms with Gasteiger partial charge in [-0.1, -0.05) is 17.3 Å². The highest BCUT2D eigenvalue weighted by atomic mass is 19.1. The monoisotopic (exact) mass is 261 g/mol. The summed E-state index contributed by atoms with van der Waals surface area (Å²) in [6, 6.07) is 6.88. The molecule has 0 atom stereocenters. The number of halogens is 2. The Kier molecular flexibility index (Phi) is 2.38. The van der Waals surface area contributed by atoms with Crippen LogP contribution >= 0.6 is 0 Å². The van der Waals surface area contributed by atoms with Gasteiger partial charge >= 0.3 is 0 Å². The molecule has 2 aromatic carbocycles. The normalized spacial score (nSPS) is 11.1. The largest absolute Gasteiger partial charge is 0.396 e. The molecule has 0 spiro atoms. The van der Waals surface area contributed by atoms with Crippen LogP contribution in [0.3, 0.4) is 0 Å². The minimum absolute atomic E-state index is 0.0622. The third-order valence-electron chi connectivity index (χ3n) is 2.90. The summed E-state index contributed by atoms with van der Waals surface area (Å²) in [5.41, 5.74) is 11.6. The Labute approximate surface area is 106 Å². The van der Waals surface area contributed by atoms with Crippen molar-refractivity contribution >= 4 is 22.5 Å². The zero-order valence-electron chi connectivity index (χ0n) is 9.65. The number of benzene rings is 2. The quantitative estimate of drug-likeness (QED) is 0.660. The molecule has 1 heterocycles. The fourth-order valence-electron chi connectivity index (χ4n) is 2.01. The van der Waals surface area contributed by atoms with Crippen LogP contribution < -0.4 is 11.5 Å². The van der Waals surface area contributed by atoms with Gasteiger partial charge in [-0.15, -0.1) is 0 Å². The molecule has 0 aliphatic heterocycles. The van der Waals surface area contributed by atoms with E-state index in [9.17, 15) is 8.78 Å². The maximum Gasteiger partial charge on any atom is 0.175 e. The molecule has 0 fully saturated rings. The van der Waals surface area contributed by atoms with Crippen LogP contribution in [0.4, 0.5) is 20.3 Å². The Hall–Kier alpha value is -2.63. The van der Waals surface area contributed by atoms with Crippen molar-refractivity contribution in [3.63, 3.8) is 0 Å². The summed E-state index contributed by atoms with van der Waals surface area (Å²) < 4.78 is 32.4. The van der Waals surface area contributed by atoms with Gasteiger partial charge in [-0.2, -0.15) is 0 Å². The lowest BCUT2D eigenvalue weighted by Gasteiger charge is -2.06. The second kappa shape index (κ2) is 3.94. The Morgan fingerprint density at radius 1 is 1.00 bits per heavy atom. The maximum atomic E-state index is 13.9. The van der Waals surface area contributed by atoms with Crippen LogP contribution in [0.2, 0.25) is 0 Å².